The first-order chi connectivity index (χ1) is 13.2. The highest BCUT2D eigenvalue weighted by atomic mass is 32.1. The summed E-state index contributed by atoms with van der Waals surface area (Å²) in [6, 6.07) is -0.120. The van der Waals surface area contributed by atoms with Crippen LogP contribution in [0.15, 0.2) is 9.93 Å². The highest BCUT2D eigenvalue weighted by Crippen LogP contribution is 2.33. The number of hydrogen-bond donors (Lipinski definition) is 0. The number of rotatable bonds is 5. The fourth-order valence-electron chi connectivity index (χ4n) is 3.68. The Morgan fingerprint density at radius 2 is 2.11 bits per heavy atom. The van der Waals surface area contributed by atoms with Crippen LogP contribution in [0.3, 0.4) is 0 Å². The van der Waals surface area contributed by atoms with Crippen LogP contribution in [0.25, 0.3) is 10.8 Å². The van der Waals surface area contributed by atoms with E-state index in [9.17, 15) is 4.79 Å². The van der Waals surface area contributed by atoms with Crippen LogP contribution in [0.1, 0.15) is 43.3 Å². The first-order valence-electron chi connectivity index (χ1n) is 9.56. The predicted octanol–water partition coefficient (Wildman–Crippen LogP) is 2.28. The minimum absolute atomic E-state index is 0.120. The van der Waals surface area contributed by atoms with Gasteiger partial charge in [-0.25, -0.2) is 4.98 Å². The third kappa shape index (κ3) is 4.20. The number of piperidine rings is 1. The normalized spacial score (nSPS) is 21.5. The maximum atomic E-state index is 12.9. The minimum atomic E-state index is -0.120. The summed E-state index contributed by atoms with van der Waals surface area (Å²) in [6.07, 6.45) is 3.47. The molecule has 2 saturated heterocycles. The van der Waals surface area contributed by atoms with E-state index in [2.05, 4.69) is 20.1 Å². The molecule has 0 aromatic carbocycles. The number of carbonyl (C=O) groups is 1. The number of thiazole rings is 1. The molecule has 2 aromatic heterocycles. The van der Waals surface area contributed by atoms with Crippen molar-refractivity contribution in [1.29, 1.82) is 0 Å². The second-order valence-electron chi connectivity index (χ2n) is 7.02. The van der Waals surface area contributed by atoms with Crippen molar-refractivity contribution in [3.05, 3.63) is 17.1 Å². The minimum Gasteiger partial charge on any atom is -0.418 e. The van der Waals surface area contributed by atoms with E-state index in [4.69, 9.17) is 9.15 Å². The summed E-state index contributed by atoms with van der Waals surface area (Å²) in [5.41, 5.74) is 2.66. The maximum Gasteiger partial charge on any atom is 0.259 e. The fourth-order valence-corrected chi connectivity index (χ4v) is 4.40. The van der Waals surface area contributed by atoms with Gasteiger partial charge in [-0.2, -0.15) is 0 Å². The summed E-state index contributed by atoms with van der Waals surface area (Å²) < 4.78 is 11.3. The lowest BCUT2D eigenvalue weighted by molar-refractivity contribution is -0.136. The van der Waals surface area contributed by atoms with Crippen molar-refractivity contribution >= 4 is 17.2 Å². The largest absolute Gasteiger partial charge is 0.418 e. The van der Waals surface area contributed by atoms with Gasteiger partial charge >= 0.3 is 0 Å². The van der Waals surface area contributed by atoms with Gasteiger partial charge in [0.15, 0.2) is 0 Å². The van der Waals surface area contributed by atoms with Crippen LogP contribution in [0.2, 0.25) is 0 Å². The standard InChI is InChI=1S/C18H25N5O3S/c1-13-16(27-12-19-13)18-21-20-17(26-18)14-4-2-3-6-23(14)15(24)5-7-22-8-10-25-11-9-22/h12,14H,2-11H2,1H3. The molecule has 1 amide bonds. The van der Waals surface area contributed by atoms with Gasteiger partial charge in [0.1, 0.15) is 10.9 Å². The summed E-state index contributed by atoms with van der Waals surface area (Å²) >= 11 is 1.49. The number of hydrogen-bond acceptors (Lipinski definition) is 8. The molecule has 2 aromatic rings. The van der Waals surface area contributed by atoms with Crippen LogP contribution in [0.4, 0.5) is 0 Å². The van der Waals surface area contributed by atoms with Crippen molar-refractivity contribution in [3.8, 4) is 10.8 Å². The van der Waals surface area contributed by atoms with Crippen molar-refractivity contribution in [2.75, 3.05) is 39.4 Å². The average molecular weight is 391 g/mol. The molecule has 8 nitrogen and oxygen atoms in total. The molecule has 0 radical (unpaired) electrons. The molecule has 9 heteroatoms. The number of carbonyl (C=O) groups excluding carboxylic acids is 1. The molecular formula is C18H25N5O3S. The molecule has 0 aliphatic carbocycles. The number of likely N-dealkylation sites (tertiary alicyclic amines) is 1. The van der Waals surface area contributed by atoms with Gasteiger partial charge in [-0.1, -0.05) is 0 Å². The topological polar surface area (TPSA) is 84.6 Å². The molecule has 27 heavy (non-hydrogen) atoms. The van der Waals surface area contributed by atoms with Crippen LogP contribution in [-0.4, -0.2) is 70.3 Å². The van der Waals surface area contributed by atoms with Crippen molar-refractivity contribution in [2.45, 2.75) is 38.6 Å². The van der Waals surface area contributed by atoms with Gasteiger partial charge in [0.25, 0.3) is 5.89 Å². The molecule has 4 heterocycles. The number of aromatic nitrogens is 3. The molecule has 4 rings (SSSR count). The smallest absolute Gasteiger partial charge is 0.259 e. The lowest BCUT2D eigenvalue weighted by Crippen LogP contribution is -2.42. The van der Waals surface area contributed by atoms with Crippen LogP contribution in [0.5, 0.6) is 0 Å². The van der Waals surface area contributed by atoms with Gasteiger partial charge in [0, 0.05) is 32.6 Å². The van der Waals surface area contributed by atoms with E-state index in [1.54, 1.807) is 5.51 Å². The van der Waals surface area contributed by atoms with Crippen LogP contribution in [-0.2, 0) is 9.53 Å². The number of nitrogens with zero attached hydrogens (tertiary/aromatic N) is 5. The van der Waals surface area contributed by atoms with Gasteiger partial charge < -0.3 is 14.1 Å². The van der Waals surface area contributed by atoms with E-state index in [0.29, 0.717) is 18.2 Å². The Morgan fingerprint density at radius 1 is 1.26 bits per heavy atom. The van der Waals surface area contributed by atoms with Crippen molar-refractivity contribution in [2.24, 2.45) is 0 Å². The monoisotopic (exact) mass is 391 g/mol. The molecule has 1 unspecified atom stereocenters. The molecule has 2 aliphatic heterocycles. The van der Waals surface area contributed by atoms with Gasteiger partial charge in [-0.3, -0.25) is 9.69 Å². The first-order valence-corrected chi connectivity index (χ1v) is 10.4. The number of amides is 1. The average Bonchev–Trinajstić information content (AvgIpc) is 3.35. The van der Waals surface area contributed by atoms with Crippen LogP contribution < -0.4 is 0 Å². The summed E-state index contributed by atoms with van der Waals surface area (Å²) in [6.45, 7) is 6.77. The second kappa shape index (κ2) is 8.45. The van der Waals surface area contributed by atoms with Gasteiger partial charge in [0.05, 0.1) is 24.4 Å². The lowest BCUT2D eigenvalue weighted by Gasteiger charge is -2.34. The van der Waals surface area contributed by atoms with Gasteiger partial charge in [-0.15, -0.1) is 21.5 Å². The van der Waals surface area contributed by atoms with Crippen LogP contribution >= 0.6 is 11.3 Å². The van der Waals surface area contributed by atoms with E-state index in [-0.39, 0.29) is 11.9 Å². The highest BCUT2D eigenvalue weighted by molar-refractivity contribution is 7.13. The second-order valence-corrected chi connectivity index (χ2v) is 7.87. The van der Waals surface area contributed by atoms with E-state index in [1.165, 1.54) is 11.3 Å². The third-order valence-electron chi connectivity index (χ3n) is 5.23. The molecule has 0 bridgehead atoms. The van der Waals surface area contributed by atoms with E-state index >= 15 is 0 Å². The zero-order valence-electron chi connectivity index (χ0n) is 15.6. The lowest BCUT2D eigenvalue weighted by atomic mass is 10.0. The summed E-state index contributed by atoms with van der Waals surface area (Å²) in [5, 5.41) is 8.46. The molecule has 0 N–H and O–H groups in total. The summed E-state index contributed by atoms with van der Waals surface area (Å²) in [4.78, 5) is 22.2. The summed E-state index contributed by atoms with van der Waals surface area (Å²) in [7, 11) is 0. The molecule has 2 fully saturated rings. The Kier molecular flexibility index (Phi) is 5.80. The Bertz CT molecular complexity index is 771. The predicted molar refractivity (Wildman–Crippen MR) is 100 cm³/mol. The van der Waals surface area contributed by atoms with E-state index in [0.717, 1.165) is 69.2 Å². The maximum absolute atomic E-state index is 12.9. The Balaban J connectivity index is 1.43. The quantitative estimate of drug-likeness (QED) is 0.773. The Hall–Kier alpha value is -1.84. The van der Waals surface area contributed by atoms with Crippen molar-refractivity contribution < 1.29 is 13.9 Å². The van der Waals surface area contributed by atoms with Crippen molar-refractivity contribution in [1.82, 2.24) is 25.0 Å². The Labute approximate surface area is 162 Å². The van der Waals surface area contributed by atoms with E-state index < -0.39 is 0 Å². The van der Waals surface area contributed by atoms with Gasteiger partial charge in [-0.05, 0) is 26.2 Å². The highest BCUT2D eigenvalue weighted by Gasteiger charge is 2.32. The zero-order valence-corrected chi connectivity index (χ0v) is 16.4. The SMILES string of the molecule is Cc1ncsc1-c1nnc(C2CCCCN2C(=O)CCN2CCOCC2)o1. The molecule has 146 valence electrons. The summed E-state index contributed by atoms with van der Waals surface area (Å²) in [5.74, 6) is 1.20. The van der Waals surface area contributed by atoms with Gasteiger partial charge in [0.2, 0.25) is 11.8 Å². The molecule has 1 atom stereocenters. The first kappa shape index (κ1) is 18.5. The van der Waals surface area contributed by atoms with E-state index in [1.807, 2.05) is 11.8 Å². The molecular weight excluding hydrogens is 366 g/mol. The van der Waals surface area contributed by atoms with Crippen molar-refractivity contribution in [3.63, 3.8) is 0 Å². The Morgan fingerprint density at radius 3 is 2.89 bits per heavy atom. The third-order valence-corrected chi connectivity index (χ3v) is 6.15. The van der Waals surface area contributed by atoms with Crippen LogP contribution in [0, 0.1) is 6.92 Å². The number of morpholine rings is 1. The molecule has 2 aliphatic rings. The number of aryl methyl sites for hydroxylation is 1. The molecule has 0 spiro atoms. The fraction of sp³-hybridized carbons (Fsp3) is 0.667. The molecule has 0 saturated carbocycles. The number of ether oxygens (including phenoxy) is 1. The zero-order chi connectivity index (χ0) is 18.6.